The molecule has 2 aromatic rings. The van der Waals surface area contributed by atoms with Gasteiger partial charge in [0.2, 0.25) is 0 Å². The highest BCUT2D eigenvalue weighted by Gasteiger charge is 1.94. The van der Waals surface area contributed by atoms with Crippen molar-refractivity contribution in [3.8, 4) is 11.1 Å². The summed E-state index contributed by atoms with van der Waals surface area (Å²) in [5.74, 6) is 0. The quantitative estimate of drug-likeness (QED) is 0.626. The van der Waals surface area contributed by atoms with Gasteiger partial charge in [0.25, 0.3) is 0 Å². The summed E-state index contributed by atoms with van der Waals surface area (Å²) in [6.45, 7) is 0. The summed E-state index contributed by atoms with van der Waals surface area (Å²) < 4.78 is 4.04. The second kappa shape index (κ2) is 2.84. The zero-order valence-electron chi connectivity index (χ0n) is 5.90. The zero-order chi connectivity index (χ0) is 7.52. The smallest absolute Gasteiger partial charge is 0.0485 e. The Morgan fingerprint density at radius 2 is 1.82 bits per heavy atom. The highest BCUT2D eigenvalue weighted by molar-refractivity contribution is 7.03. The number of hydrogen-bond donors (Lipinski definition) is 0. The van der Waals surface area contributed by atoms with Crippen molar-refractivity contribution in [2.45, 2.75) is 0 Å². The summed E-state index contributed by atoms with van der Waals surface area (Å²) in [6.07, 6.45) is 1.89. The standard InChI is InChI=1S/C9H7NS/c1-2-4-8(5-3-1)9-6-10-11-7-9/h1-7H. The minimum Gasteiger partial charge on any atom is -0.201 e. The molecule has 0 unspecified atom stereocenters. The fourth-order valence-electron chi connectivity index (χ4n) is 0.978. The highest BCUT2D eigenvalue weighted by Crippen LogP contribution is 2.18. The van der Waals surface area contributed by atoms with Crippen molar-refractivity contribution in [1.82, 2.24) is 4.37 Å². The number of benzene rings is 1. The maximum Gasteiger partial charge on any atom is 0.0485 e. The predicted octanol–water partition coefficient (Wildman–Crippen LogP) is 2.81. The van der Waals surface area contributed by atoms with E-state index < -0.39 is 0 Å². The fraction of sp³-hybridized carbons (Fsp3) is 0. The molecule has 0 amide bonds. The van der Waals surface area contributed by atoms with Crippen LogP contribution in [0.25, 0.3) is 11.1 Å². The molecule has 0 saturated heterocycles. The van der Waals surface area contributed by atoms with E-state index >= 15 is 0 Å². The topological polar surface area (TPSA) is 12.9 Å². The Kier molecular flexibility index (Phi) is 1.69. The van der Waals surface area contributed by atoms with E-state index in [4.69, 9.17) is 0 Å². The zero-order valence-corrected chi connectivity index (χ0v) is 6.71. The summed E-state index contributed by atoms with van der Waals surface area (Å²) in [4.78, 5) is 0. The first-order valence-corrected chi connectivity index (χ1v) is 4.25. The monoisotopic (exact) mass is 161 g/mol. The molecule has 1 nitrogen and oxygen atoms in total. The number of nitrogens with zero attached hydrogens (tertiary/aromatic N) is 1. The van der Waals surface area contributed by atoms with E-state index in [1.54, 1.807) is 0 Å². The molecule has 11 heavy (non-hydrogen) atoms. The molecule has 2 heteroatoms. The molecule has 0 bridgehead atoms. The van der Waals surface area contributed by atoms with Crippen molar-refractivity contribution in [2.75, 3.05) is 0 Å². The van der Waals surface area contributed by atoms with Crippen LogP contribution >= 0.6 is 11.5 Å². The van der Waals surface area contributed by atoms with E-state index in [1.807, 2.05) is 24.4 Å². The average molecular weight is 161 g/mol. The van der Waals surface area contributed by atoms with E-state index in [0.717, 1.165) is 0 Å². The van der Waals surface area contributed by atoms with Gasteiger partial charge in [-0.05, 0) is 17.1 Å². The van der Waals surface area contributed by atoms with Gasteiger partial charge in [-0.15, -0.1) is 0 Å². The molecule has 0 aliphatic carbocycles. The lowest BCUT2D eigenvalue weighted by molar-refractivity contribution is 1.56. The van der Waals surface area contributed by atoms with E-state index in [-0.39, 0.29) is 0 Å². The molecule has 0 aliphatic heterocycles. The van der Waals surface area contributed by atoms with Crippen molar-refractivity contribution in [3.05, 3.63) is 41.9 Å². The molecule has 1 aromatic heterocycles. The van der Waals surface area contributed by atoms with Gasteiger partial charge in [0.05, 0.1) is 0 Å². The van der Waals surface area contributed by atoms with Gasteiger partial charge >= 0.3 is 0 Å². The average Bonchev–Trinajstić information content (AvgIpc) is 2.58. The Hall–Kier alpha value is -1.15. The Morgan fingerprint density at radius 1 is 1.00 bits per heavy atom. The fourth-order valence-corrected chi connectivity index (χ4v) is 1.52. The Labute approximate surface area is 69.5 Å². The first-order chi connectivity index (χ1) is 5.47. The number of aromatic nitrogens is 1. The molecule has 54 valence electrons. The van der Waals surface area contributed by atoms with E-state index in [9.17, 15) is 0 Å². The molecule has 1 aromatic carbocycles. The third kappa shape index (κ3) is 1.30. The lowest BCUT2D eigenvalue weighted by Crippen LogP contribution is -1.69. The molecule has 0 radical (unpaired) electrons. The van der Waals surface area contributed by atoms with Crippen LogP contribution in [0.1, 0.15) is 0 Å². The summed E-state index contributed by atoms with van der Waals surface area (Å²) >= 11 is 1.48. The van der Waals surface area contributed by atoms with Crippen LogP contribution in [-0.2, 0) is 0 Å². The first kappa shape index (κ1) is 6.55. The van der Waals surface area contributed by atoms with Gasteiger partial charge < -0.3 is 0 Å². The molecular formula is C9H7NS. The second-order valence-electron chi connectivity index (χ2n) is 2.28. The van der Waals surface area contributed by atoms with Crippen molar-refractivity contribution in [3.63, 3.8) is 0 Å². The van der Waals surface area contributed by atoms with Gasteiger partial charge in [0.1, 0.15) is 0 Å². The third-order valence-corrected chi connectivity index (χ3v) is 2.13. The van der Waals surface area contributed by atoms with Gasteiger partial charge in [-0.25, -0.2) is 4.37 Å². The van der Waals surface area contributed by atoms with Crippen LogP contribution in [0.3, 0.4) is 0 Å². The molecule has 0 fully saturated rings. The molecule has 0 spiro atoms. The van der Waals surface area contributed by atoms with Gasteiger partial charge in [-0.3, -0.25) is 0 Å². The summed E-state index contributed by atoms with van der Waals surface area (Å²) in [5, 5.41) is 2.05. The third-order valence-electron chi connectivity index (χ3n) is 1.54. The summed E-state index contributed by atoms with van der Waals surface area (Å²) in [7, 11) is 0. The summed E-state index contributed by atoms with van der Waals surface area (Å²) in [6, 6.07) is 10.3. The van der Waals surface area contributed by atoms with Crippen LogP contribution in [0.5, 0.6) is 0 Å². The van der Waals surface area contributed by atoms with Crippen LogP contribution in [0.4, 0.5) is 0 Å². The molecule has 0 N–H and O–H groups in total. The lowest BCUT2D eigenvalue weighted by Gasteiger charge is -1.92. The SMILES string of the molecule is c1ccc(-c2cnsc2)cc1. The van der Waals surface area contributed by atoms with Crippen LogP contribution in [-0.4, -0.2) is 4.37 Å². The van der Waals surface area contributed by atoms with Crippen molar-refractivity contribution < 1.29 is 0 Å². The van der Waals surface area contributed by atoms with Crippen molar-refractivity contribution in [1.29, 1.82) is 0 Å². The first-order valence-electron chi connectivity index (χ1n) is 3.41. The van der Waals surface area contributed by atoms with Crippen LogP contribution in [0, 0.1) is 0 Å². The highest BCUT2D eigenvalue weighted by atomic mass is 32.1. The van der Waals surface area contributed by atoms with Gasteiger partial charge in [-0.2, -0.15) is 0 Å². The van der Waals surface area contributed by atoms with Crippen LogP contribution < -0.4 is 0 Å². The molecule has 0 saturated carbocycles. The Morgan fingerprint density at radius 3 is 2.45 bits per heavy atom. The normalized spacial score (nSPS) is 9.82. The van der Waals surface area contributed by atoms with Crippen LogP contribution in [0.15, 0.2) is 41.9 Å². The minimum absolute atomic E-state index is 1.20. The lowest BCUT2D eigenvalue weighted by atomic mass is 10.1. The maximum absolute atomic E-state index is 4.04. The summed E-state index contributed by atoms with van der Waals surface area (Å²) in [5.41, 5.74) is 2.44. The van der Waals surface area contributed by atoms with Crippen LogP contribution in [0.2, 0.25) is 0 Å². The number of rotatable bonds is 1. The molecule has 2 rings (SSSR count). The molecular weight excluding hydrogens is 154 g/mol. The molecule has 1 heterocycles. The second-order valence-corrected chi connectivity index (χ2v) is 2.94. The number of hydrogen-bond acceptors (Lipinski definition) is 2. The van der Waals surface area contributed by atoms with Crippen molar-refractivity contribution >= 4 is 11.5 Å². The minimum atomic E-state index is 1.20. The molecule has 0 atom stereocenters. The Balaban J connectivity index is 2.46. The van der Waals surface area contributed by atoms with E-state index in [1.165, 1.54) is 22.7 Å². The molecule has 0 aliphatic rings. The van der Waals surface area contributed by atoms with E-state index in [2.05, 4.69) is 21.9 Å². The maximum atomic E-state index is 4.04. The van der Waals surface area contributed by atoms with Crippen molar-refractivity contribution in [2.24, 2.45) is 0 Å². The predicted molar refractivity (Wildman–Crippen MR) is 47.6 cm³/mol. The van der Waals surface area contributed by atoms with Gasteiger partial charge in [0.15, 0.2) is 0 Å². The largest absolute Gasteiger partial charge is 0.201 e. The van der Waals surface area contributed by atoms with E-state index in [0.29, 0.717) is 0 Å². The van der Waals surface area contributed by atoms with Gasteiger partial charge in [0, 0.05) is 17.1 Å². The van der Waals surface area contributed by atoms with Gasteiger partial charge in [-0.1, -0.05) is 30.3 Å². The Bertz CT molecular complexity index is 313.